The molecule has 134 valence electrons. The zero-order chi connectivity index (χ0) is 18.6. The minimum atomic E-state index is -4.41. The lowest BCUT2D eigenvalue weighted by molar-refractivity contribution is -0.137. The Labute approximate surface area is 142 Å². The molecule has 9 heteroatoms. The first-order valence-corrected chi connectivity index (χ1v) is 8.33. The summed E-state index contributed by atoms with van der Waals surface area (Å²) >= 11 is 0. The van der Waals surface area contributed by atoms with Gasteiger partial charge in [0.2, 0.25) is 0 Å². The Kier molecular flexibility index (Phi) is 6.00. The zero-order valence-electron chi connectivity index (χ0n) is 13.0. The minimum Gasteiger partial charge on any atom is -0.505 e. The second-order valence-electron chi connectivity index (χ2n) is 5.14. The van der Waals surface area contributed by atoms with Gasteiger partial charge in [0.15, 0.2) is 0 Å². The molecule has 2 N–H and O–H groups in total. The summed E-state index contributed by atoms with van der Waals surface area (Å²) in [6.07, 6.45) is -0.0123. The molecule has 0 saturated carbocycles. The van der Waals surface area contributed by atoms with Gasteiger partial charge in [-0.25, -0.2) is 0 Å². The average molecular weight is 373 g/mol. The summed E-state index contributed by atoms with van der Waals surface area (Å²) in [5, 5.41) is 10.1. The first kappa shape index (κ1) is 19.2. The van der Waals surface area contributed by atoms with Crippen LogP contribution in [0.15, 0.2) is 30.5 Å². The van der Waals surface area contributed by atoms with Gasteiger partial charge in [0.05, 0.1) is 17.9 Å². The molecule has 0 fully saturated rings. The van der Waals surface area contributed by atoms with Crippen LogP contribution >= 0.6 is 8.25 Å². The highest BCUT2D eigenvalue weighted by Gasteiger charge is 2.29. The maximum Gasteiger partial charge on any atom is 0.416 e. The molecule has 1 aromatic heterocycles. The third-order valence-corrected chi connectivity index (χ3v) is 3.78. The van der Waals surface area contributed by atoms with Crippen molar-refractivity contribution in [2.75, 3.05) is 0 Å². The highest BCUT2D eigenvalue weighted by Crippen LogP contribution is 2.31. The minimum absolute atomic E-state index is 0.137. The maximum atomic E-state index is 12.6. The van der Waals surface area contributed by atoms with Crippen LogP contribution in [0.3, 0.4) is 0 Å². The standard InChI is InChI=1S/C16H15F3NO4P/c1-10-15(21)14(12(8-20-10)9-24-25(22)23)7-4-11-2-5-13(6-3-11)16(17,18)19/h2-8,21,25H,9H2,1H3,(H,22,23). The summed E-state index contributed by atoms with van der Waals surface area (Å²) in [6, 6.07) is 4.51. The van der Waals surface area contributed by atoms with Gasteiger partial charge in [0.25, 0.3) is 0 Å². The summed E-state index contributed by atoms with van der Waals surface area (Å²) in [7, 11) is -3.15. The van der Waals surface area contributed by atoms with Crippen molar-refractivity contribution in [1.82, 2.24) is 4.98 Å². The largest absolute Gasteiger partial charge is 0.505 e. The van der Waals surface area contributed by atoms with Crippen molar-refractivity contribution in [2.45, 2.75) is 19.7 Å². The fourth-order valence-electron chi connectivity index (χ4n) is 2.06. The van der Waals surface area contributed by atoms with Crippen LogP contribution in [0.1, 0.15) is 27.9 Å². The molecule has 1 aromatic carbocycles. The molecule has 0 amide bonds. The highest BCUT2D eigenvalue weighted by molar-refractivity contribution is 7.32. The van der Waals surface area contributed by atoms with Gasteiger partial charge in [-0.3, -0.25) is 9.55 Å². The van der Waals surface area contributed by atoms with E-state index in [0.29, 0.717) is 22.4 Å². The van der Waals surface area contributed by atoms with Crippen molar-refractivity contribution in [3.8, 4) is 5.75 Å². The van der Waals surface area contributed by atoms with Gasteiger partial charge in [-0.1, -0.05) is 24.3 Å². The number of aromatic hydroxyl groups is 1. The van der Waals surface area contributed by atoms with Crippen molar-refractivity contribution in [2.24, 2.45) is 0 Å². The Balaban J connectivity index is 2.30. The van der Waals surface area contributed by atoms with E-state index in [2.05, 4.69) is 9.51 Å². The molecule has 2 aromatic rings. The SMILES string of the molecule is Cc1ncc(CO[PH](=O)O)c(C=Cc2ccc(C(F)(F)F)cc2)c1O. The lowest BCUT2D eigenvalue weighted by Gasteiger charge is -2.09. The predicted octanol–water partition coefficient (Wildman–Crippen LogP) is 4.18. The smallest absolute Gasteiger partial charge is 0.416 e. The van der Waals surface area contributed by atoms with Crippen LogP contribution in [0.2, 0.25) is 0 Å². The van der Waals surface area contributed by atoms with Gasteiger partial charge >= 0.3 is 14.4 Å². The van der Waals surface area contributed by atoms with E-state index >= 15 is 0 Å². The van der Waals surface area contributed by atoms with Crippen LogP contribution in [0, 0.1) is 6.92 Å². The van der Waals surface area contributed by atoms with Crippen LogP contribution in [-0.2, 0) is 21.9 Å². The van der Waals surface area contributed by atoms with Gasteiger partial charge < -0.3 is 14.5 Å². The van der Waals surface area contributed by atoms with Gasteiger partial charge in [-0.2, -0.15) is 13.2 Å². The highest BCUT2D eigenvalue weighted by atomic mass is 31.1. The number of halogens is 3. The summed E-state index contributed by atoms with van der Waals surface area (Å²) in [4.78, 5) is 12.7. The Bertz CT molecular complexity index is 804. The number of aromatic nitrogens is 1. The van der Waals surface area contributed by atoms with E-state index in [0.717, 1.165) is 12.1 Å². The van der Waals surface area contributed by atoms with Crippen LogP contribution in [0.5, 0.6) is 5.75 Å². The second-order valence-corrected chi connectivity index (χ2v) is 5.96. The van der Waals surface area contributed by atoms with E-state index in [-0.39, 0.29) is 12.4 Å². The number of benzene rings is 1. The van der Waals surface area contributed by atoms with Crippen molar-refractivity contribution in [3.05, 3.63) is 58.4 Å². The van der Waals surface area contributed by atoms with E-state index in [1.165, 1.54) is 30.5 Å². The average Bonchev–Trinajstić information content (AvgIpc) is 2.54. The van der Waals surface area contributed by atoms with Gasteiger partial charge in [0.1, 0.15) is 5.75 Å². The van der Waals surface area contributed by atoms with Crippen LogP contribution in [-0.4, -0.2) is 15.0 Å². The molecule has 0 aliphatic rings. The maximum absolute atomic E-state index is 12.6. The monoisotopic (exact) mass is 373 g/mol. The van der Waals surface area contributed by atoms with Crippen LogP contribution in [0.25, 0.3) is 12.2 Å². The Morgan fingerprint density at radius 3 is 2.44 bits per heavy atom. The van der Waals surface area contributed by atoms with Crippen molar-refractivity contribution < 1.29 is 32.3 Å². The summed E-state index contributed by atoms with van der Waals surface area (Å²) < 4.78 is 53.0. The number of aryl methyl sites for hydroxylation is 1. The molecule has 1 unspecified atom stereocenters. The van der Waals surface area contributed by atoms with Crippen LogP contribution < -0.4 is 0 Å². The number of hydrogen-bond acceptors (Lipinski definition) is 4. The third-order valence-electron chi connectivity index (χ3n) is 3.39. The molecule has 2 rings (SSSR count). The molecule has 1 heterocycles. The van der Waals surface area contributed by atoms with E-state index < -0.39 is 20.0 Å². The number of hydrogen-bond donors (Lipinski definition) is 2. The number of alkyl halides is 3. The first-order valence-electron chi connectivity index (χ1n) is 7.07. The molecule has 0 spiro atoms. The number of pyridine rings is 1. The summed E-state index contributed by atoms with van der Waals surface area (Å²) in [5.74, 6) is -0.137. The molecule has 0 aliphatic carbocycles. The van der Waals surface area contributed by atoms with Crippen molar-refractivity contribution in [3.63, 3.8) is 0 Å². The molecule has 0 radical (unpaired) electrons. The fourth-order valence-corrected chi connectivity index (χ4v) is 2.33. The van der Waals surface area contributed by atoms with Gasteiger partial charge in [-0.05, 0) is 24.6 Å². The quantitative estimate of drug-likeness (QED) is 0.769. The van der Waals surface area contributed by atoms with E-state index in [4.69, 9.17) is 4.89 Å². The lowest BCUT2D eigenvalue weighted by Crippen LogP contribution is -2.03. The molecular formula is C16H15F3NO4P. The van der Waals surface area contributed by atoms with Crippen molar-refractivity contribution >= 4 is 20.4 Å². The molecule has 1 atom stereocenters. The third kappa shape index (κ3) is 5.16. The molecule has 25 heavy (non-hydrogen) atoms. The Morgan fingerprint density at radius 1 is 1.24 bits per heavy atom. The van der Waals surface area contributed by atoms with E-state index in [9.17, 15) is 22.8 Å². The Hall–Kier alpha value is -2.15. The summed E-state index contributed by atoms with van der Waals surface area (Å²) in [5.41, 5.74) is 0.765. The first-order chi connectivity index (χ1) is 11.7. The van der Waals surface area contributed by atoms with E-state index in [1.807, 2.05) is 0 Å². The number of rotatable bonds is 5. The van der Waals surface area contributed by atoms with Gasteiger partial charge in [0, 0.05) is 17.3 Å². The normalized spacial score (nSPS) is 13.3. The topological polar surface area (TPSA) is 79.7 Å². The molecule has 0 bridgehead atoms. The van der Waals surface area contributed by atoms with E-state index in [1.54, 1.807) is 6.92 Å². The molecule has 0 saturated heterocycles. The fraction of sp³-hybridized carbons (Fsp3) is 0.188. The Morgan fingerprint density at radius 2 is 1.88 bits per heavy atom. The summed E-state index contributed by atoms with van der Waals surface area (Å²) in [6.45, 7) is 1.34. The molecular weight excluding hydrogens is 358 g/mol. The van der Waals surface area contributed by atoms with Crippen LogP contribution in [0.4, 0.5) is 13.2 Å². The zero-order valence-corrected chi connectivity index (χ0v) is 14.0. The van der Waals surface area contributed by atoms with Crippen molar-refractivity contribution in [1.29, 1.82) is 0 Å². The molecule has 5 nitrogen and oxygen atoms in total. The predicted molar refractivity (Wildman–Crippen MR) is 87.0 cm³/mol. The molecule has 0 aliphatic heterocycles. The second kappa shape index (κ2) is 7.82. The number of nitrogens with zero attached hydrogens (tertiary/aromatic N) is 1. The lowest BCUT2D eigenvalue weighted by atomic mass is 10.1. The van der Waals surface area contributed by atoms with Gasteiger partial charge in [-0.15, -0.1) is 0 Å².